The molecule has 10 nitrogen and oxygen atoms in total. The van der Waals surface area contributed by atoms with Crippen molar-refractivity contribution in [3.05, 3.63) is 48.8 Å². The van der Waals surface area contributed by atoms with Crippen LogP contribution in [0.1, 0.15) is 6.92 Å². The van der Waals surface area contributed by atoms with Gasteiger partial charge in [0.1, 0.15) is 0 Å². The fourth-order valence-electron chi connectivity index (χ4n) is 2.98. The van der Waals surface area contributed by atoms with Crippen molar-refractivity contribution in [2.45, 2.75) is 22.3 Å². The summed E-state index contributed by atoms with van der Waals surface area (Å²) >= 11 is 1.11. The lowest BCUT2D eigenvalue weighted by atomic mass is 10.3. The summed E-state index contributed by atoms with van der Waals surface area (Å²) in [5, 5.41) is 10.4. The van der Waals surface area contributed by atoms with Crippen LogP contribution in [0, 0.1) is 0 Å². The largest absolute Gasteiger partial charge is 0.411 e. The molecule has 0 bridgehead atoms. The number of pyridine rings is 1. The summed E-state index contributed by atoms with van der Waals surface area (Å²) in [5.74, 6) is -0.00808. The van der Waals surface area contributed by atoms with Crippen molar-refractivity contribution in [2.24, 2.45) is 0 Å². The third kappa shape index (κ3) is 5.15. The van der Waals surface area contributed by atoms with Gasteiger partial charge >= 0.3 is 0 Å². The van der Waals surface area contributed by atoms with Crippen LogP contribution in [0.25, 0.3) is 11.5 Å². The van der Waals surface area contributed by atoms with Gasteiger partial charge in [0.05, 0.1) is 28.9 Å². The van der Waals surface area contributed by atoms with Gasteiger partial charge in [-0.2, -0.15) is 4.31 Å². The smallest absolute Gasteiger partial charge is 0.277 e. The molecule has 1 amide bonds. The summed E-state index contributed by atoms with van der Waals surface area (Å²) in [6.07, 6.45) is 3.25. The summed E-state index contributed by atoms with van der Waals surface area (Å²) in [5.41, 5.74) is 1.07. The molecule has 12 heteroatoms. The average Bonchev–Trinajstić information content (AvgIpc) is 3.29. The van der Waals surface area contributed by atoms with E-state index in [0.717, 1.165) is 11.8 Å². The Balaban J connectivity index is 1.40. The molecule has 168 valence electrons. The monoisotopic (exact) mass is 475 g/mol. The molecule has 1 saturated heterocycles. The highest BCUT2D eigenvalue weighted by atomic mass is 32.2. The van der Waals surface area contributed by atoms with E-state index in [1.165, 1.54) is 16.4 Å². The molecule has 0 unspecified atom stereocenters. The maximum Gasteiger partial charge on any atom is 0.277 e. The summed E-state index contributed by atoms with van der Waals surface area (Å²) < 4.78 is 37.9. The van der Waals surface area contributed by atoms with E-state index in [-0.39, 0.29) is 16.0 Å². The molecule has 1 aliphatic rings. The Labute approximate surface area is 189 Å². The molecular weight excluding hydrogens is 454 g/mol. The number of carbonyl (C=O) groups excluding carboxylic acids is 1. The molecule has 1 fully saturated rings. The minimum Gasteiger partial charge on any atom is -0.411 e. The van der Waals surface area contributed by atoms with E-state index in [2.05, 4.69) is 20.5 Å². The van der Waals surface area contributed by atoms with Crippen molar-refractivity contribution < 1.29 is 22.4 Å². The van der Waals surface area contributed by atoms with Crippen LogP contribution in [0.3, 0.4) is 0 Å². The Morgan fingerprint density at radius 3 is 2.75 bits per heavy atom. The summed E-state index contributed by atoms with van der Waals surface area (Å²) in [6.45, 7) is 3.03. The van der Waals surface area contributed by atoms with Gasteiger partial charge in [0.25, 0.3) is 5.22 Å². The van der Waals surface area contributed by atoms with E-state index in [1.54, 1.807) is 43.6 Å². The van der Waals surface area contributed by atoms with Gasteiger partial charge < -0.3 is 14.5 Å². The first-order valence-corrected chi connectivity index (χ1v) is 12.1. The lowest BCUT2D eigenvalue weighted by Crippen LogP contribution is -2.40. The van der Waals surface area contributed by atoms with E-state index in [4.69, 9.17) is 9.15 Å². The third-order valence-corrected chi connectivity index (χ3v) is 7.50. The predicted molar refractivity (Wildman–Crippen MR) is 117 cm³/mol. The van der Waals surface area contributed by atoms with Gasteiger partial charge in [-0.1, -0.05) is 17.8 Å². The van der Waals surface area contributed by atoms with Gasteiger partial charge in [0, 0.05) is 31.2 Å². The first kappa shape index (κ1) is 22.4. The summed E-state index contributed by atoms with van der Waals surface area (Å²) in [4.78, 5) is 16.8. The van der Waals surface area contributed by atoms with E-state index < -0.39 is 15.3 Å². The number of aromatic nitrogens is 3. The Hall–Kier alpha value is -2.80. The van der Waals surface area contributed by atoms with Gasteiger partial charge in [-0.3, -0.25) is 9.78 Å². The second kappa shape index (κ2) is 9.77. The number of carbonyl (C=O) groups is 1. The average molecular weight is 476 g/mol. The Bertz CT molecular complexity index is 1180. The molecule has 32 heavy (non-hydrogen) atoms. The lowest BCUT2D eigenvalue weighted by Gasteiger charge is -2.26. The Morgan fingerprint density at radius 2 is 2.00 bits per heavy atom. The zero-order valence-electron chi connectivity index (χ0n) is 17.2. The second-order valence-corrected chi connectivity index (χ2v) is 10.1. The highest BCUT2D eigenvalue weighted by molar-refractivity contribution is 8.00. The number of nitrogens with zero attached hydrogens (tertiary/aromatic N) is 4. The fraction of sp³-hybridized carbons (Fsp3) is 0.300. The topological polar surface area (TPSA) is 128 Å². The summed E-state index contributed by atoms with van der Waals surface area (Å²) in [7, 11) is -3.65. The SMILES string of the molecule is C[C@H](Sc1nnc(-c2cccnc2)o1)C(=O)Nc1cccc(S(=O)(=O)N2CCOCC2)c1. The Morgan fingerprint density at radius 1 is 1.19 bits per heavy atom. The zero-order valence-corrected chi connectivity index (χ0v) is 18.8. The van der Waals surface area contributed by atoms with Crippen molar-refractivity contribution >= 4 is 33.4 Å². The van der Waals surface area contributed by atoms with Gasteiger partial charge in [-0.15, -0.1) is 10.2 Å². The highest BCUT2D eigenvalue weighted by Crippen LogP contribution is 2.27. The zero-order chi connectivity index (χ0) is 22.6. The van der Waals surface area contributed by atoms with Gasteiger partial charge in [-0.25, -0.2) is 8.42 Å². The molecule has 2 aromatic heterocycles. The fourth-order valence-corrected chi connectivity index (χ4v) is 5.12. The van der Waals surface area contributed by atoms with Crippen LogP contribution >= 0.6 is 11.8 Å². The molecule has 0 spiro atoms. The molecule has 0 radical (unpaired) electrons. The number of rotatable bonds is 7. The van der Waals surface area contributed by atoms with Crippen molar-refractivity contribution in [2.75, 3.05) is 31.6 Å². The number of sulfonamides is 1. The number of amides is 1. The molecule has 1 N–H and O–H groups in total. The number of ether oxygens (including phenoxy) is 1. The number of hydrogen-bond acceptors (Lipinski definition) is 9. The van der Waals surface area contributed by atoms with Crippen LogP contribution < -0.4 is 5.32 Å². The van der Waals surface area contributed by atoms with Crippen LogP contribution in [0.4, 0.5) is 5.69 Å². The molecule has 1 aromatic carbocycles. The first-order valence-electron chi connectivity index (χ1n) is 9.83. The maximum absolute atomic E-state index is 12.8. The van der Waals surface area contributed by atoms with Crippen molar-refractivity contribution in [3.8, 4) is 11.5 Å². The van der Waals surface area contributed by atoms with Crippen LogP contribution in [0.15, 0.2) is 63.3 Å². The number of nitrogens with one attached hydrogen (secondary N) is 1. The van der Waals surface area contributed by atoms with E-state index in [0.29, 0.717) is 43.4 Å². The molecule has 1 atom stereocenters. The molecule has 1 aliphatic heterocycles. The van der Waals surface area contributed by atoms with Crippen molar-refractivity contribution in [1.29, 1.82) is 0 Å². The second-order valence-electron chi connectivity index (χ2n) is 6.91. The van der Waals surface area contributed by atoms with Crippen LogP contribution in [0.2, 0.25) is 0 Å². The molecule has 0 saturated carbocycles. The van der Waals surface area contributed by atoms with Gasteiger partial charge in [0.15, 0.2) is 0 Å². The van der Waals surface area contributed by atoms with E-state index in [1.807, 2.05) is 0 Å². The van der Waals surface area contributed by atoms with Crippen LogP contribution in [-0.4, -0.2) is 65.4 Å². The summed E-state index contributed by atoms with van der Waals surface area (Å²) in [6, 6.07) is 9.75. The molecule has 4 rings (SSSR count). The van der Waals surface area contributed by atoms with Crippen molar-refractivity contribution in [3.63, 3.8) is 0 Å². The van der Waals surface area contributed by atoms with Gasteiger partial charge in [0.2, 0.25) is 21.8 Å². The maximum atomic E-state index is 12.8. The molecule has 3 aromatic rings. The van der Waals surface area contributed by atoms with Gasteiger partial charge in [-0.05, 0) is 37.3 Å². The number of hydrogen-bond donors (Lipinski definition) is 1. The number of thioether (sulfide) groups is 1. The quantitative estimate of drug-likeness (QED) is 0.512. The standard InChI is InChI=1S/C20H21N5O5S2/c1-14(31-20-24-23-19(30-20)15-4-3-7-21-13-15)18(26)22-16-5-2-6-17(12-16)32(27,28)25-8-10-29-11-9-25/h2-7,12-14H,8-11H2,1H3,(H,22,26)/t14-/m0/s1. The van der Waals surface area contributed by atoms with Crippen LogP contribution in [-0.2, 0) is 19.6 Å². The normalized spacial score (nSPS) is 15.9. The number of benzene rings is 1. The highest BCUT2D eigenvalue weighted by Gasteiger charge is 2.27. The predicted octanol–water partition coefficient (Wildman–Crippen LogP) is 2.27. The van der Waals surface area contributed by atoms with Crippen molar-refractivity contribution in [1.82, 2.24) is 19.5 Å². The first-order chi connectivity index (χ1) is 15.4. The molecule has 3 heterocycles. The number of anilines is 1. The van der Waals surface area contributed by atoms with E-state index in [9.17, 15) is 13.2 Å². The molecule has 0 aliphatic carbocycles. The number of morpholine rings is 1. The lowest BCUT2D eigenvalue weighted by molar-refractivity contribution is -0.115. The van der Waals surface area contributed by atoms with Crippen LogP contribution in [0.5, 0.6) is 0 Å². The minimum absolute atomic E-state index is 0.121. The Kier molecular flexibility index (Phi) is 6.84. The molecular formula is C20H21N5O5S2. The van der Waals surface area contributed by atoms with E-state index >= 15 is 0 Å². The minimum atomic E-state index is -3.65. The third-order valence-electron chi connectivity index (χ3n) is 4.67.